The van der Waals surface area contributed by atoms with Crippen LogP contribution in [0, 0.1) is 18.6 Å². The van der Waals surface area contributed by atoms with Crippen LogP contribution in [-0.4, -0.2) is 38.1 Å². The fourth-order valence-electron chi connectivity index (χ4n) is 4.68. The number of anilines is 2. The molecule has 3 aromatic heterocycles. The van der Waals surface area contributed by atoms with Crippen molar-refractivity contribution < 1.29 is 13.9 Å². The molecule has 1 saturated heterocycles. The number of hydrogen-bond acceptors (Lipinski definition) is 7. The number of nitrogens with zero attached hydrogens (tertiary/aromatic N) is 4. The molecule has 0 atom stereocenters. The zero-order chi connectivity index (χ0) is 25.4. The third kappa shape index (κ3) is 4.89. The Morgan fingerprint density at radius 1 is 1.00 bits per heavy atom. The topological polar surface area (TPSA) is 95.9 Å². The Bertz CT molecular complexity index is 1410. The number of halogens is 2. The Hall–Kier alpha value is -3.56. The summed E-state index contributed by atoms with van der Waals surface area (Å²) in [7, 11) is 0. The van der Waals surface area contributed by atoms with Gasteiger partial charge in [-0.05, 0) is 88.0 Å². The van der Waals surface area contributed by atoms with E-state index in [1.165, 1.54) is 11.6 Å². The maximum atomic E-state index is 15.1. The molecule has 1 aliphatic heterocycles. The highest BCUT2D eigenvalue weighted by atomic mass is 19.1. The summed E-state index contributed by atoms with van der Waals surface area (Å²) in [6, 6.07) is 8.38. The lowest BCUT2D eigenvalue weighted by atomic mass is 9.91. The fourth-order valence-corrected chi connectivity index (χ4v) is 4.68. The molecule has 7 nitrogen and oxygen atoms in total. The Labute approximate surface area is 208 Å². The first kappa shape index (κ1) is 24.1. The number of rotatable bonds is 5. The van der Waals surface area contributed by atoms with Crippen molar-refractivity contribution in [3.8, 4) is 11.3 Å². The van der Waals surface area contributed by atoms with Crippen LogP contribution in [0.15, 0.2) is 42.7 Å². The quantitative estimate of drug-likeness (QED) is 0.358. The molecular weight excluding hydrogens is 462 g/mol. The highest BCUT2D eigenvalue weighted by Gasteiger charge is 2.23. The Morgan fingerprint density at radius 3 is 2.47 bits per heavy atom. The molecule has 186 valence electrons. The molecule has 9 heteroatoms. The summed E-state index contributed by atoms with van der Waals surface area (Å²) < 4.78 is 29.9. The summed E-state index contributed by atoms with van der Waals surface area (Å²) in [4.78, 5) is 17.1. The van der Waals surface area contributed by atoms with E-state index in [9.17, 15) is 9.50 Å². The van der Waals surface area contributed by atoms with Gasteiger partial charge in [-0.25, -0.2) is 23.7 Å². The molecule has 0 bridgehead atoms. The molecule has 4 aromatic rings. The first-order valence-electron chi connectivity index (χ1n) is 12.0. The summed E-state index contributed by atoms with van der Waals surface area (Å²) in [6.45, 7) is 6.96. The molecule has 0 radical (unpaired) electrons. The molecule has 4 heterocycles. The lowest BCUT2D eigenvalue weighted by Crippen LogP contribution is -2.26. The number of pyridine rings is 2. The van der Waals surface area contributed by atoms with Gasteiger partial charge in [-0.3, -0.25) is 4.98 Å². The number of hydrogen-bond donors (Lipinski definition) is 3. The van der Waals surface area contributed by atoms with E-state index in [0.29, 0.717) is 28.4 Å². The molecule has 0 unspecified atom stereocenters. The van der Waals surface area contributed by atoms with E-state index in [1.807, 2.05) is 18.3 Å². The van der Waals surface area contributed by atoms with Crippen molar-refractivity contribution in [2.24, 2.45) is 0 Å². The normalized spacial score (nSPS) is 14.8. The maximum absolute atomic E-state index is 15.1. The fraction of sp³-hybridized carbons (Fsp3) is 0.333. The van der Waals surface area contributed by atoms with Crippen LogP contribution in [0.25, 0.3) is 22.2 Å². The van der Waals surface area contributed by atoms with Crippen LogP contribution in [0.4, 0.5) is 20.5 Å². The molecule has 5 rings (SSSR count). The van der Waals surface area contributed by atoms with Crippen molar-refractivity contribution in [3.05, 3.63) is 71.2 Å². The predicted molar refractivity (Wildman–Crippen MR) is 135 cm³/mol. The SMILES string of the molecule is Cc1cc(C(C)(C)O)c2cc(-c3nc(Nc4ccc(C5CCNCC5)cn4)ncc3F)cc(F)c2n1. The Kier molecular flexibility index (Phi) is 6.36. The Balaban J connectivity index is 1.48. The van der Waals surface area contributed by atoms with Crippen LogP contribution in [0.3, 0.4) is 0 Å². The highest BCUT2D eigenvalue weighted by molar-refractivity contribution is 5.88. The van der Waals surface area contributed by atoms with Crippen LogP contribution in [-0.2, 0) is 5.60 Å². The minimum Gasteiger partial charge on any atom is -0.386 e. The number of benzene rings is 1. The van der Waals surface area contributed by atoms with Crippen molar-refractivity contribution in [3.63, 3.8) is 0 Å². The third-order valence-corrected chi connectivity index (χ3v) is 6.51. The minimum atomic E-state index is -1.25. The van der Waals surface area contributed by atoms with Gasteiger partial charge in [0.15, 0.2) is 5.82 Å². The van der Waals surface area contributed by atoms with E-state index in [4.69, 9.17) is 0 Å². The second-order valence-corrected chi connectivity index (χ2v) is 9.74. The van der Waals surface area contributed by atoms with Crippen molar-refractivity contribution in [1.82, 2.24) is 25.3 Å². The van der Waals surface area contributed by atoms with Gasteiger partial charge in [0.1, 0.15) is 22.8 Å². The van der Waals surface area contributed by atoms with E-state index < -0.39 is 17.2 Å². The van der Waals surface area contributed by atoms with Gasteiger partial charge in [-0.15, -0.1) is 0 Å². The van der Waals surface area contributed by atoms with Gasteiger partial charge in [-0.2, -0.15) is 0 Å². The number of fused-ring (bicyclic) bond motifs is 1. The van der Waals surface area contributed by atoms with Gasteiger partial charge in [0, 0.05) is 22.8 Å². The van der Waals surface area contributed by atoms with Crippen LogP contribution >= 0.6 is 0 Å². The molecule has 3 N–H and O–H groups in total. The first-order valence-corrected chi connectivity index (χ1v) is 12.0. The van der Waals surface area contributed by atoms with E-state index in [1.54, 1.807) is 32.9 Å². The van der Waals surface area contributed by atoms with E-state index in [0.717, 1.165) is 32.1 Å². The van der Waals surface area contributed by atoms with Crippen molar-refractivity contribution in [2.45, 2.75) is 45.1 Å². The number of aromatic nitrogens is 4. The van der Waals surface area contributed by atoms with Crippen LogP contribution in [0.2, 0.25) is 0 Å². The van der Waals surface area contributed by atoms with Gasteiger partial charge in [0.05, 0.1) is 11.8 Å². The van der Waals surface area contributed by atoms with Crippen molar-refractivity contribution in [1.29, 1.82) is 0 Å². The third-order valence-electron chi connectivity index (χ3n) is 6.51. The summed E-state index contributed by atoms with van der Waals surface area (Å²) in [5, 5.41) is 17.4. The maximum Gasteiger partial charge on any atom is 0.229 e. The van der Waals surface area contributed by atoms with Crippen LogP contribution < -0.4 is 10.6 Å². The summed E-state index contributed by atoms with van der Waals surface area (Å²) >= 11 is 0. The molecule has 0 aliphatic carbocycles. The zero-order valence-corrected chi connectivity index (χ0v) is 20.4. The molecule has 0 saturated carbocycles. The second kappa shape index (κ2) is 9.48. The standard InChI is InChI=1S/C27H28F2N6O/c1-15-10-20(27(2,3)36)19-11-18(12-21(28)25(19)33-15)24-22(29)14-32-26(35-24)34-23-5-4-17(13-31-23)16-6-8-30-9-7-16/h4-5,10-14,16,30,36H,6-9H2,1-3H3,(H,31,32,34,35). The smallest absolute Gasteiger partial charge is 0.229 e. The number of nitrogens with one attached hydrogen (secondary N) is 2. The Morgan fingerprint density at radius 2 is 1.78 bits per heavy atom. The molecule has 36 heavy (non-hydrogen) atoms. The predicted octanol–water partition coefficient (Wildman–Crippen LogP) is 5.11. The molecule has 0 spiro atoms. The van der Waals surface area contributed by atoms with Gasteiger partial charge in [0.2, 0.25) is 5.95 Å². The van der Waals surface area contributed by atoms with Crippen LogP contribution in [0.1, 0.15) is 49.4 Å². The van der Waals surface area contributed by atoms with Gasteiger partial charge in [-0.1, -0.05) is 6.07 Å². The first-order chi connectivity index (χ1) is 17.2. The van der Waals surface area contributed by atoms with E-state index >= 15 is 4.39 Å². The summed E-state index contributed by atoms with van der Waals surface area (Å²) in [5.41, 5.74) is 1.26. The average Bonchev–Trinajstić information content (AvgIpc) is 2.85. The lowest BCUT2D eigenvalue weighted by Gasteiger charge is -2.22. The molecule has 1 aromatic carbocycles. The largest absolute Gasteiger partial charge is 0.386 e. The monoisotopic (exact) mass is 490 g/mol. The molecule has 1 fully saturated rings. The number of piperidine rings is 1. The molecule has 1 aliphatic rings. The summed E-state index contributed by atoms with van der Waals surface area (Å²) in [6.07, 6.45) is 5.03. The second-order valence-electron chi connectivity index (χ2n) is 9.74. The van der Waals surface area contributed by atoms with Gasteiger partial charge in [0.25, 0.3) is 0 Å². The molecule has 0 amide bonds. The average molecular weight is 491 g/mol. The van der Waals surface area contributed by atoms with Crippen molar-refractivity contribution >= 4 is 22.7 Å². The van der Waals surface area contributed by atoms with E-state index in [2.05, 4.69) is 30.6 Å². The van der Waals surface area contributed by atoms with Crippen molar-refractivity contribution in [2.75, 3.05) is 18.4 Å². The number of aliphatic hydroxyl groups is 1. The lowest BCUT2D eigenvalue weighted by molar-refractivity contribution is 0.0800. The van der Waals surface area contributed by atoms with Crippen LogP contribution in [0.5, 0.6) is 0 Å². The molecular formula is C27H28F2N6O. The number of aryl methyl sites for hydroxylation is 1. The summed E-state index contributed by atoms with van der Waals surface area (Å²) in [5.74, 6) is -0.174. The highest BCUT2D eigenvalue weighted by Crippen LogP contribution is 2.34. The van der Waals surface area contributed by atoms with Gasteiger partial charge >= 0.3 is 0 Å². The van der Waals surface area contributed by atoms with Gasteiger partial charge < -0.3 is 15.7 Å². The van der Waals surface area contributed by atoms with E-state index in [-0.39, 0.29) is 22.7 Å². The minimum absolute atomic E-state index is 0.0677. The zero-order valence-electron chi connectivity index (χ0n) is 20.4.